The molecular formula is C11H16N6O. The molecule has 1 aliphatic rings. The van der Waals surface area contributed by atoms with E-state index in [1.807, 2.05) is 4.57 Å². The van der Waals surface area contributed by atoms with Crippen molar-refractivity contribution in [2.75, 3.05) is 5.43 Å². The van der Waals surface area contributed by atoms with Crippen molar-refractivity contribution < 1.29 is 5.11 Å². The van der Waals surface area contributed by atoms with Crippen molar-refractivity contribution in [2.45, 2.75) is 37.8 Å². The van der Waals surface area contributed by atoms with Crippen LogP contribution in [0.2, 0.25) is 0 Å². The minimum Gasteiger partial charge on any atom is -0.391 e. The van der Waals surface area contributed by atoms with Gasteiger partial charge in [-0.25, -0.2) is 20.8 Å². The lowest BCUT2D eigenvalue weighted by molar-refractivity contribution is 0.0770. The Labute approximate surface area is 104 Å². The number of hydrogen-bond donors (Lipinski definition) is 3. The molecule has 2 atom stereocenters. The molecule has 0 amide bonds. The van der Waals surface area contributed by atoms with Gasteiger partial charge in [0.05, 0.1) is 18.5 Å². The number of aromatic nitrogens is 4. The molecule has 0 saturated heterocycles. The first kappa shape index (κ1) is 11.4. The van der Waals surface area contributed by atoms with E-state index in [4.69, 9.17) is 5.84 Å². The van der Waals surface area contributed by atoms with Crippen LogP contribution >= 0.6 is 0 Å². The van der Waals surface area contributed by atoms with Crippen molar-refractivity contribution in [3.05, 3.63) is 12.7 Å². The Balaban J connectivity index is 2.07. The van der Waals surface area contributed by atoms with E-state index in [9.17, 15) is 5.11 Å². The molecule has 3 rings (SSSR count). The number of nitrogens with zero attached hydrogens (tertiary/aromatic N) is 4. The molecule has 7 heteroatoms. The van der Waals surface area contributed by atoms with Crippen LogP contribution in [-0.4, -0.2) is 30.7 Å². The van der Waals surface area contributed by atoms with E-state index in [-0.39, 0.29) is 12.1 Å². The Bertz CT molecular complexity index is 553. The highest BCUT2D eigenvalue weighted by Crippen LogP contribution is 2.31. The van der Waals surface area contributed by atoms with Crippen molar-refractivity contribution in [1.82, 2.24) is 19.5 Å². The number of nitrogens with one attached hydrogen (secondary N) is 1. The summed E-state index contributed by atoms with van der Waals surface area (Å²) in [7, 11) is 0. The Hall–Kier alpha value is -1.73. The Morgan fingerprint density at radius 3 is 2.89 bits per heavy atom. The number of nitrogen functional groups attached to an aromatic ring is 1. The standard InChI is InChI=1S/C11H16N6O/c12-16-10-9-11(14-5-13-10)17(6-15-9)7-3-1-2-4-8(7)18/h5-8,18H,1-4,12H2,(H,13,14,16). The first-order valence-corrected chi connectivity index (χ1v) is 6.13. The second-order valence-corrected chi connectivity index (χ2v) is 4.61. The van der Waals surface area contributed by atoms with Gasteiger partial charge in [0.1, 0.15) is 6.33 Å². The van der Waals surface area contributed by atoms with Gasteiger partial charge in [-0.1, -0.05) is 12.8 Å². The number of fused-ring (bicyclic) bond motifs is 1. The Kier molecular flexibility index (Phi) is 2.85. The Morgan fingerprint density at radius 2 is 2.11 bits per heavy atom. The van der Waals surface area contributed by atoms with Crippen LogP contribution in [0.4, 0.5) is 5.82 Å². The van der Waals surface area contributed by atoms with Gasteiger partial charge >= 0.3 is 0 Å². The highest BCUT2D eigenvalue weighted by atomic mass is 16.3. The van der Waals surface area contributed by atoms with E-state index >= 15 is 0 Å². The van der Waals surface area contributed by atoms with Crippen LogP contribution in [0, 0.1) is 0 Å². The predicted molar refractivity (Wildman–Crippen MR) is 66.6 cm³/mol. The van der Waals surface area contributed by atoms with Crippen LogP contribution in [0.15, 0.2) is 12.7 Å². The largest absolute Gasteiger partial charge is 0.391 e. The number of nitrogens with two attached hydrogens (primary N) is 1. The summed E-state index contributed by atoms with van der Waals surface area (Å²) >= 11 is 0. The van der Waals surface area contributed by atoms with Gasteiger partial charge in [-0.05, 0) is 12.8 Å². The topological polar surface area (TPSA) is 102 Å². The number of hydrazine groups is 1. The van der Waals surface area contributed by atoms with Gasteiger partial charge in [0.2, 0.25) is 0 Å². The summed E-state index contributed by atoms with van der Waals surface area (Å²) in [5.41, 5.74) is 3.86. The average molecular weight is 248 g/mol. The molecule has 2 unspecified atom stereocenters. The molecule has 4 N–H and O–H groups in total. The molecule has 0 bridgehead atoms. The summed E-state index contributed by atoms with van der Waals surface area (Å²) in [5.74, 6) is 5.90. The predicted octanol–water partition coefficient (Wildman–Crippen LogP) is 0.588. The van der Waals surface area contributed by atoms with Crippen molar-refractivity contribution in [1.29, 1.82) is 0 Å². The first-order valence-electron chi connectivity index (χ1n) is 6.13. The zero-order valence-electron chi connectivity index (χ0n) is 9.95. The Morgan fingerprint density at radius 1 is 1.28 bits per heavy atom. The highest BCUT2D eigenvalue weighted by molar-refractivity contribution is 5.82. The van der Waals surface area contributed by atoms with E-state index in [0.717, 1.165) is 25.7 Å². The maximum Gasteiger partial charge on any atom is 0.171 e. The van der Waals surface area contributed by atoms with Crippen LogP contribution in [-0.2, 0) is 0 Å². The van der Waals surface area contributed by atoms with Crippen LogP contribution in [0.3, 0.4) is 0 Å². The number of hydrogen-bond acceptors (Lipinski definition) is 6. The van der Waals surface area contributed by atoms with Crippen molar-refractivity contribution in [2.24, 2.45) is 5.84 Å². The van der Waals surface area contributed by atoms with Crippen LogP contribution < -0.4 is 11.3 Å². The fourth-order valence-electron chi connectivity index (χ4n) is 2.62. The molecule has 0 spiro atoms. The lowest BCUT2D eigenvalue weighted by Gasteiger charge is -2.28. The SMILES string of the molecule is NNc1ncnc2c1ncn2C1CCCCC1O. The third kappa shape index (κ3) is 1.72. The molecule has 7 nitrogen and oxygen atoms in total. The van der Waals surface area contributed by atoms with E-state index in [2.05, 4.69) is 20.4 Å². The molecule has 2 heterocycles. The molecule has 96 valence electrons. The molecule has 0 radical (unpaired) electrons. The fraction of sp³-hybridized carbons (Fsp3) is 0.545. The second-order valence-electron chi connectivity index (χ2n) is 4.61. The zero-order chi connectivity index (χ0) is 12.5. The number of aliphatic hydroxyl groups excluding tert-OH is 1. The van der Waals surface area contributed by atoms with E-state index < -0.39 is 0 Å². The van der Waals surface area contributed by atoms with Crippen LogP contribution in [0.1, 0.15) is 31.7 Å². The normalized spacial score (nSPS) is 24.3. The maximum atomic E-state index is 10.1. The maximum absolute atomic E-state index is 10.1. The molecule has 1 saturated carbocycles. The van der Waals surface area contributed by atoms with Crippen LogP contribution in [0.25, 0.3) is 11.2 Å². The number of imidazole rings is 1. The average Bonchev–Trinajstić information content (AvgIpc) is 2.83. The zero-order valence-corrected chi connectivity index (χ0v) is 9.95. The molecule has 1 aliphatic carbocycles. The molecule has 0 aromatic carbocycles. The van der Waals surface area contributed by atoms with Crippen molar-refractivity contribution in [3.63, 3.8) is 0 Å². The minimum absolute atomic E-state index is 0.0456. The third-order valence-corrected chi connectivity index (χ3v) is 3.55. The van der Waals surface area contributed by atoms with Gasteiger partial charge < -0.3 is 15.1 Å². The van der Waals surface area contributed by atoms with E-state index in [1.165, 1.54) is 6.33 Å². The van der Waals surface area contributed by atoms with Crippen molar-refractivity contribution >= 4 is 17.0 Å². The molecule has 1 fully saturated rings. The molecule has 2 aromatic heterocycles. The van der Waals surface area contributed by atoms with Crippen LogP contribution in [0.5, 0.6) is 0 Å². The highest BCUT2D eigenvalue weighted by Gasteiger charge is 2.26. The number of anilines is 1. The first-order chi connectivity index (χ1) is 8.81. The third-order valence-electron chi connectivity index (χ3n) is 3.55. The number of rotatable bonds is 2. The molecule has 2 aromatic rings. The van der Waals surface area contributed by atoms with E-state index in [1.54, 1.807) is 6.33 Å². The molecule has 0 aliphatic heterocycles. The second kappa shape index (κ2) is 4.51. The molecule has 18 heavy (non-hydrogen) atoms. The summed E-state index contributed by atoms with van der Waals surface area (Å²) in [4.78, 5) is 12.5. The lowest BCUT2D eigenvalue weighted by Crippen LogP contribution is -2.27. The van der Waals surface area contributed by atoms with Gasteiger partial charge in [0.15, 0.2) is 17.0 Å². The smallest absolute Gasteiger partial charge is 0.171 e. The summed E-state index contributed by atoms with van der Waals surface area (Å²) in [6, 6.07) is 0.0456. The van der Waals surface area contributed by atoms with Gasteiger partial charge in [0.25, 0.3) is 0 Å². The summed E-state index contributed by atoms with van der Waals surface area (Å²) in [6.45, 7) is 0. The van der Waals surface area contributed by atoms with Gasteiger partial charge in [-0.3, -0.25) is 0 Å². The van der Waals surface area contributed by atoms with Crippen molar-refractivity contribution in [3.8, 4) is 0 Å². The number of aliphatic hydroxyl groups is 1. The van der Waals surface area contributed by atoms with E-state index in [0.29, 0.717) is 17.0 Å². The summed E-state index contributed by atoms with van der Waals surface area (Å²) in [5, 5.41) is 10.1. The summed E-state index contributed by atoms with van der Waals surface area (Å²) < 4.78 is 1.93. The van der Waals surface area contributed by atoms with Gasteiger partial charge in [-0.15, -0.1) is 0 Å². The quantitative estimate of drug-likeness (QED) is 0.531. The van der Waals surface area contributed by atoms with Gasteiger partial charge in [-0.2, -0.15) is 0 Å². The minimum atomic E-state index is -0.333. The van der Waals surface area contributed by atoms with Gasteiger partial charge in [0, 0.05) is 0 Å². The molecular weight excluding hydrogens is 232 g/mol. The fourth-order valence-corrected chi connectivity index (χ4v) is 2.62. The monoisotopic (exact) mass is 248 g/mol. The lowest BCUT2D eigenvalue weighted by atomic mass is 9.92. The summed E-state index contributed by atoms with van der Waals surface area (Å²) in [6.07, 6.45) is 6.80.